The number of benzene rings is 2. The maximum absolute atomic E-state index is 12.3. The molecule has 0 aliphatic rings. The number of hydrogen-bond donors (Lipinski definition) is 0. The van der Waals surface area contributed by atoms with Gasteiger partial charge in [0.15, 0.2) is 0 Å². The Morgan fingerprint density at radius 3 is 2.12 bits per heavy atom. The van der Waals surface area contributed by atoms with Gasteiger partial charge in [-0.1, -0.05) is 30.3 Å². The van der Waals surface area contributed by atoms with E-state index in [2.05, 4.69) is 9.99 Å². The van der Waals surface area contributed by atoms with Crippen molar-refractivity contribution >= 4 is 35.2 Å². The molecule has 0 saturated heterocycles. The molecular weight excluding hydrogens is 430 g/mol. The van der Waals surface area contributed by atoms with Gasteiger partial charge in [-0.3, -0.25) is 9.59 Å². The van der Waals surface area contributed by atoms with Gasteiger partial charge in [-0.2, -0.15) is 0 Å². The van der Waals surface area contributed by atoms with Gasteiger partial charge in [0.1, 0.15) is 24.7 Å². The monoisotopic (exact) mass is 457 g/mol. The van der Waals surface area contributed by atoms with E-state index in [1.54, 1.807) is 23.9 Å². The highest BCUT2D eigenvalue weighted by Gasteiger charge is 2.11. The number of esters is 1. The lowest BCUT2D eigenvalue weighted by Gasteiger charge is -2.08. The Morgan fingerprint density at radius 1 is 0.906 bits per heavy atom. The van der Waals surface area contributed by atoms with Gasteiger partial charge in [0.25, 0.3) is 0 Å². The Balaban J connectivity index is 1.82. The molecule has 0 aliphatic carbocycles. The van der Waals surface area contributed by atoms with Crippen LogP contribution in [0.3, 0.4) is 0 Å². The zero-order valence-electron chi connectivity index (χ0n) is 18.5. The normalized spacial score (nSPS) is 11.0. The van der Waals surface area contributed by atoms with E-state index in [4.69, 9.17) is 9.47 Å². The third-order valence-electron chi connectivity index (χ3n) is 4.17. The Morgan fingerprint density at radius 2 is 1.53 bits per heavy atom. The van der Waals surface area contributed by atoms with Gasteiger partial charge in [0.05, 0.1) is 0 Å². The Hall–Kier alpha value is -3.13. The number of ether oxygens (including phenoxy) is 2. The first-order valence-electron chi connectivity index (χ1n) is 10.3. The number of Topliss-reactive ketones (excluding diaryl/α,β-unsaturated/α-hetero) is 1. The van der Waals surface area contributed by atoms with E-state index in [0.29, 0.717) is 24.3 Å². The second-order valence-corrected chi connectivity index (χ2v) is 8.01. The molecule has 0 spiro atoms. The molecule has 7 nitrogen and oxygen atoms in total. The van der Waals surface area contributed by atoms with Crippen LogP contribution in [0.15, 0.2) is 63.5 Å². The molecule has 0 atom stereocenters. The number of carbonyl (C=O) groups is 3. The highest BCUT2D eigenvalue weighted by Crippen LogP contribution is 2.29. The number of oxime groups is 1. The molecule has 32 heavy (non-hydrogen) atoms. The van der Waals surface area contributed by atoms with E-state index in [1.807, 2.05) is 43.3 Å². The fourth-order valence-corrected chi connectivity index (χ4v) is 3.32. The number of hydrogen-bond acceptors (Lipinski definition) is 8. The van der Waals surface area contributed by atoms with E-state index in [-0.39, 0.29) is 24.1 Å². The first kappa shape index (κ1) is 25.1. The van der Waals surface area contributed by atoms with Crippen LogP contribution in [0, 0.1) is 0 Å². The molecule has 0 heterocycles. The topological polar surface area (TPSA) is 91.3 Å². The van der Waals surface area contributed by atoms with Crippen molar-refractivity contribution in [3.05, 3.63) is 54.1 Å². The molecule has 0 aromatic heterocycles. The van der Waals surface area contributed by atoms with Crippen LogP contribution in [0.2, 0.25) is 0 Å². The van der Waals surface area contributed by atoms with Gasteiger partial charge in [-0.05, 0) is 61.9 Å². The molecule has 0 radical (unpaired) electrons. The summed E-state index contributed by atoms with van der Waals surface area (Å²) in [6.45, 7) is 5.28. The summed E-state index contributed by atoms with van der Waals surface area (Å²) < 4.78 is 10.7. The van der Waals surface area contributed by atoms with Crippen molar-refractivity contribution in [2.45, 2.75) is 49.8 Å². The highest BCUT2D eigenvalue weighted by atomic mass is 32.2. The van der Waals surface area contributed by atoms with Gasteiger partial charge in [-0.15, -0.1) is 0 Å². The molecule has 0 bridgehead atoms. The predicted molar refractivity (Wildman–Crippen MR) is 122 cm³/mol. The zero-order chi connectivity index (χ0) is 23.3. The van der Waals surface area contributed by atoms with Gasteiger partial charge >= 0.3 is 11.9 Å². The van der Waals surface area contributed by atoms with Gasteiger partial charge in [-0.25, -0.2) is 4.79 Å². The van der Waals surface area contributed by atoms with Crippen molar-refractivity contribution < 1.29 is 28.7 Å². The molecular formula is C24H27NO6S. The minimum atomic E-state index is -0.578. The summed E-state index contributed by atoms with van der Waals surface area (Å²) in [5, 5.41) is 3.52. The smallest absolute Gasteiger partial charge is 0.331 e. The molecule has 0 fully saturated rings. The molecule has 2 aromatic rings. The summed E-state index contributed by atoms with van der Waals surface area (Å²) in [5.74, 6) is -0.379. The average molecular weight is 458 g/mol. The Labute approximate surface area is 192 Å². The third kappa shape index (κ3) is 8.93. The van der Waals surface area contributed by atoms with E-state index < -0.39 is 5.97 Å². The Kier molecular flexibility index (Phi) is 10.5. The van der Waals surface area contributed by atoms with Crippen molar-refractivity contribution in [3.8, 4) is 5.75 Å². The molecule has 0 unspecified atom stereocenters. The van der Waals surface area contributed by atoms with Crippen LogP contribution in [0.5, 0.6) is 5.75 Å². The summed E-state index contributed by atoms with van der Waals surface area (Å²) in [5.41, 5.74) is 0.564. The van der Waals surface area contributed by atoms with Crippen LogP contribution in [0.25, 0.3) is 0 Å². The number of nitrogens with zero attached hydrogens (tertiary/aromatic N) is 1. The Bertz CT molecular complexity index is 938. The molecule has 0 N–H and O–H groups in total. The van der Waals surface area contributed by atoms with Crippen LogP contribution in [0.1, 0.15) is 50.4 Å². The largest absolute Gasteiger partial charge is 0.490 e. The number of rotatable bonds is 12. The first-order chi connectivity index (χ1) is 15.4. The van der Waals surface area contributed by atoms with Crippen LogP contribution < -0.4 is 4.74 Å². The van der Waals surface area contributed by atoms with Crippen molar-refractivity contribution in [2.75, 3.05) is 13.2 Å². The number of unbranched alkanes of at least 4 members (excludes halogenated alkanes) is 1. The molecule has 8 heteroatoms. The molecule has 0 aliphatic heterocycles. The maximum Gasteiger partial charge on any atom is 0.331 e. The zero-order valence-corrected chi connectivity index (χ0v) is 19.3. The van der Waals surface area contributed by atoms with Crippen LogP contribution in [0.4, 0.5) is 0 Å². The summed E-state index contributed by atoms with van der Waals surface area (Å²) in [6, 6.07) is 14.7. The quantitative estimate of drug-likeness (QED) is 0.110. The van der Waals surface area contributed by atoms with Crippen molar-refractivity contribution in [3.63, 3.8) is 0 Å². The lowest BCUT2D eigenvalue weighted by Crippen LogP contribution is -2.11. The summed E-state index contributed by atoms with van der Waals surface area (Å²) in [4.78, 5) is 41.0. The summed E-state index contributed by atoms with van der Waals surface area (Å²) in [7, 11) is 0. The highest BCUT2D eigenvalue weighted by molar-refractivity contribution is 7.99. The second-order valence-electron chi connectivity index (χ2n) is 6.86. The minimum Gasteiger partial charge on any atom is -0.490 e. The van der Waals surface area contributed by atoms with Crippen LogP contribution in [-0.4, -0.2) is 36.6 Å². The molecule has 0 amide bonds. The minimum absolute atomic E-state index is 0.104. The number of ketones is 1. The third-order valence-corrected chi connectivity index (χ3v) is 5.18. The molecule has 0 saturated carbocycles. The molecule has 2 aromatic carbocycles. The van der Waals surface area contributed by atoms with E-state index in [9.17, 15) is 14.4 Å². The van der Waals surface area contributed by atoms with Crippen molar-refractivity contribution in [1.29, 1.82) is 0 Å². The van der Waals surface area contributed by atoms with E-state index >= 15 is 0 Å². The van der Waals surface area contributed by atoms with Crippen molar-refractivity contribution in [1.82, 2.24) is 0 Å². The van der Waals surface area contributed by atoms with E-state index in [1.165, 1.54) is 13.8 Å². The summed E-state index contributed by atoms with van der Waals surface area (Å²) >= 11 is 1.54. The first-order valence-corrected chi connectivity index (χ1v) is 11.1. The molecule has 2 rings (SSSR count). The lowest BCUT2D eigenvalue weighted by atomic mass is 10.1. The standard InChI is InChI=1S/C24H27NO6S/c1-4-5-6-23(27)30-16-15-29-20-9-13-22(14-10-20)32-21-11-7-19(8-12-21)24(28)17(2)25-31-18(3)26/h7-14H,4-6,15-16H2,1-3H3. The average Bonchev–Trinajstić information content (AvgIpc) is 2.80. The van der Waals surface area contributed by atoms with Crippen LogP contribution in [-0.2, 0) is 19.2 Å². The van der Waals surface area contributed by atoms with Gasteiger partial charge in [0, 0.05) is 28.7 Å². The van der Waals surface area contributed by atoms with Gasteiger partial charge in [0.2, 0.25) is 5.78 Å². The number of carbonyl (C=O) groups excluding carboxylic acids is 3. The van der Waals surface area contributed by atoms with Gasteiger partial charge < -0.3 is 14.3 Å². The fraction of sp³-hybridized carbons (Fsp3) is 0.333. The molecule has 170 valence electrons. The van der Waals surface area contributed by atoms with Crippen molar-refractivity contribution in [2.24, 2.45) is 5.16 Å². The fourth-order valence-electron chi connectivity index (χ4n) is 2.51. The van der Waals surface area contributed by atoms with E-state index in [0.717, 1.165) is 22.6 Å². The maximum atomic E-state index is 12.3. The summed E-state index contributed by atoms with van der Waals surface area (Å²) in [6.07, 6.45) is 2.24. The lowest BCUT2D eigenvalue weighted by molar-refractivity contribution is -0.144. The predicted octanol–water partition coefficient (Wildman–Crippen LogP) is 5.07. The van der Waals surface area contributed by atoms with Crippen LogP contribution >= 0.6 is 11.8 Å². The second kappa shape index (κ2) is 13.3. The SMILES string of the molecule is CCCCC(=O)OCCOc1ccc(Sc2ccc(C(=O)C(C)=NOC(C)=O)cc2)cc1.